The molecule has 0 aromatic carbocycles. The summed E-state index contributed by atoms with van der Waals surface area (Å²) < 4.78 is 0. The van der Waals surface area contributed by atoms with Crippen LogP contribution in [0.5, 0.6) is 0 Å². The molecule has 1 heterocycles. The van der Waals surface area contributed by atoms with E-state index in [1.54, 1.807) is 0 Å². The second-order valence-electron chi connectivity index (χ2n) is 2.31. The highest BCUT2D eigenvalue weighted by Crippen LogP contribution is 1.97. The highest BCUT2D eigenvalue weighted by Gasteiger charge is 1.95. The van der Waals surface area contributed by atoms with Crippen LogP contribution in [0.3, 0.4) is 0 Å². The van der Waals surface area contributed by atoms with Crippen LogP contribution in [0.1, 0.15) is 13.3 Å². The molecule has 0 aliphatic carbocycles. The molecule has 0 aromatic heterocycles. The van der Waals surface area contributed by atoms with Gasteiger partial charge in [0, 0.05) is 13.6 Å². The lowest BCUT2D eigenvalue weighted by Crippen LogP contribution is -2.11. The summed E-state index contributed by atoms with van der Waals surface area (Å²) in [5.41, 5.74) is 1.09. The van der Waals surface area contributed by atoms with Crippen molar-refractivity contribution in [1.82, 2.24) is 5.01 Å². The lowest BCUT2D eigenvalue weighted by molar-refractivity contribution is 0.364. The van der Waals surface area contributed by atoms with Crippen LogP contribution in [-0.4, -0.2) is 24.3 Å². The van der Waals surface area contributed by atoms with E-state index in [1.807, 2.05) is 19.0 Å². The number of allylic oxidation sites excluding steroid dienone is 1. The molecule has 2 heteroatoms. The van der Waals surface area contributed by atoms with Crippen molar-refractivity contribution in [3.63, 3.8) is 0 Å². The van der Waals surface area contributed by atoms with Crippen molar-refractivity contribution >= 4 is 5.71 Å². The molecule has 0 amide bonds. The van der Waals surface area contributed by atoms with Crippen molar-refractivity contribution in [3.8, 4) is 0 Å². The second-order valence-corrected chi connectivity index (χ2v) is 2.31. The molecule has 50 valence electrons. The van der Waals surface area contributed by atoms with Crippen LogP contribution in [0.25, 0.3) is 0 Å². The van der Waals surface area contributed by atoms with Gasteiger partial charge in [0.25, 0.3) is 0 Å². The van der Waals surface area contributed by atoms with Crippen LogP contribution in [0.4, 0.5) is 0 Å². The molecule has 0 bridgehead atoms. The number of hydrogen-bond donors (Lipinski definition) is 0. The van der Waals surface area contributed by atoms with Crippen LogP contribution >= 0.6 is 0 Å². The second kappa shape index (κ2) is 2.67. The standard InChI is InChI=1S/C7H12N2/c1-7-5-3-4-6-9(2)8-7/h3,5H,4,6H2,1-2H3. The minimum Gasteiger partial charge on any atom is -0.300 e. The van der Waals surface area contributed by atoms with E-state index >= 15 is 0 Å². The van der Waals surface area contributed by atoms with Crippen molar-refractivity contribution in [3.05, 3.63) is 12.2 Å². The average Bonchev–Trinajstić information content (AvgIpc) is 1.93. The third-order valence-electron chi connectivity index (χ3n) is 1.31. The van der Waals surface area contributed by atoms with Gasteiger partial charge in [-0.25, -0.2) is 0 Å². The topological polar surface area (TPSA) is 15.6 Å². The SMILES string of the molecule is CC1=NN(C)CCC=C1. The molecule has 0 N–H and O–H groups in total. The van der Waals surface area contributed by atoms with Gasteiger partial charge in [0.15, 0.2) is 0 Å². The lowest BCUT2D eigenvalue weighted by Gasteiger charge is -2.08. The first-order valence-corrected chi connectivity index (χ1v) is 3.22. The van der Waals surface area contributed by atoms with Crippen LogP contribution in [-0.2, 0) is 0 Å². The molecule has 1 rings (SSSR count). The zero-order valence-corrected chi connectivity index (χ0v) is 5.96. The first-order chi connectivity index (χ1) is 4.29. The molecule has 0 fully saturated rings. The van der Waals surface area contributed by atoms with Crippen LogP contribution < -0.4 is 0 Å². The minimum atomic E-state index is 1.04. The van der Waals surface area contributed by atoms with Gasteiger partial charge in [0.1, 0.15) is 0 Å². The Morgan fingerprint density at radius 1 is 1.67 bits per heavy atom. The molecule has 0 unspecified atom stereocenters. The fraction of sp³-hybridized carbons (Fsp3) is 0.571. The molecule has 1 aliphatic rings. The summed E-state index contributed by atoms with van der Waals surface area (Å²) in [6, 6.07) is 0. The number of hydrazone groups is 1. The zero-order chi connectivity index (χ0) is 6.69. The quantitative estimate of drug-likeness (QED) is 0.474. The van der Waals surface area contributed by atoms with Crippen molar-refractivity contribution in [2.24, 2.45) is 5.10 Å². The van der Waals surface area contributed by atoms with Crippen LogP contribution in [0, 0.1) is 0 Å². The van der Waals surface area contributed by atoms with Gasteiger partial charge in [0.05, 0.1) is 5.71 Å². The Labute approximate surface area is 55.9 Å². The first kappa shape index (κ1) is 6.33. The molecule has 9 heavy (non-hydrogen) atoms. The van der Waals surface area contributed by atoms with Crippen molar-refractivity contribution < 1.29 is 0 Å². The monoisotopic (exact) mass is 124 g/mol. The van der Waals surface area contributed by atoms with Gasteiger partial charge in [-0.15, -0.1) is 0 Å². The Bertz CT molecular complexity index is 147. The van der Waals surface area contributed by atoms with Crippen molar-refractivity contribution in [2.75, 3.05) is 13.6 Å². The summed E-state index contributed by atoms with van der Waals surface area (Å²) in [7, 11) is 2.00. The van der Waals surface area contributed by atoms with E-state index < -0.39 is 0 Å². The smallest absolute Gasteiger partial charge is 0.0571 e. The normalized spacial score (nSPS) is 19.3. The number of nitrogens with zero attached hydrogens (tertiary/aromatic N) is 2. The zero-order valence-electron chi connectivity index (χ0n) is 5.96. The van der Waals surface area contributed by atoms with E-state index in [9.17, 15) is 0 Å². The van der Waals surface area contributed by atoms with E-state index in [2.05, 4.69) is 17.3 Å². The minimum absolute atomic E-state index is 1.04. The third-order valence-corrected chi connectivity index (χ3v) is 1.31. The first-order valence-electron chi connectivity index (χ1n) is 3.22. The maximum atomic E-state index is 4.24. The predicted octanol–water partition coefficient (Wildman–Crippen LogP) is 1.25. The Morgan fingerprint density at radius 3 is 3.22 bits per heavy atom. The molecule has 0 saturated heterocycles. The van der Waals surface area contributed by atoms with Gasteiger partial charge in [0.2, 0.25) is 0 Å². The number of rotatable bonds is 0. The highest BCUT2D eigenvalue weighted by atomic mass is 15.4. The maximum Gasteiger partial charge on any atom is 0.0571 e. The summed E-state index contributed by atoms with van der Waals surface area (Å²) in [6.45, 7) is 3.05. The van der Waals surface area contributed by atoms with Gasteiger partial charge >= 0.3 is 0 Å². The summed E-state index contributed by atoms with van der Waals surface area (Å²) in [5, 5.41) is 6.21. The maximum absolute atomic E-state index is 4.24. The van der Waals surface area contributed by atoms with Crippen LogP contribution in [0.15, 0.2) is 17.3 Å². The van der Waals surface area contributed by atoms with Gasteiger partial charge in [-0.1, -0.05) is 6.08 Å². The van der Waals surface area contributed by atoms with Gasteiger partial charge in [-0.3, -0.25) is 5.01 Å². The summed E-state index contributed by atoms with van der Waals surface area (Å²) in [5.74, 6) is 0. The summed E-state index contributed by atoms with van der Waals surface area (Å²) in [6.07, 6.45) is 5.32. The molecule has 2 nitrogen and oxygen atoms in total. The fourth-order valence-electron chi connectivity index (χ4n) is 0.868. The molecule has 1 aliphatic heterocycles. The van der Waals surface area contributed by atoms with E-state index in [0.717, 1.165) is 18.7 Å². The van der Waals surface area contributed by atoms with Crippen LogP contribution in [0.2, 0.25) is 0 Å². The van der Waals surface area contributed by atoms with E-state index in [1.165, 1.54) is 0 Å². The fourth-order valence-corrected chi connectivity index (χ4v) is 0.868. The summed E-state index contributed by atoms with van der Waals surface area (Å²) in [4.78, 5) is 0. The predicted molar refractivity (Wildman–Crippen MR) is 39.5 cm³/mol. The van der Waals surface area contributed by atoms with E-state index in [0.29, 0.717) is 0 Å². The van der Waals surface area contributed by atoms with Gasteiger partial charge in [-0.2, -0.15) is 5.10 Å². The molecule has 0 radical (unpaired) electrons. The molecule has 0 saturated carbocycles. The Balaban J connectivity index is 2.62. The van der Waals surface area contributed by atoms with Gasteiger partial charge < -0.3 is 0 Å². The van der Waals surface area contributed by atoms with Crippen molar-refractivity contribution in [1.29, 1.82) is 0 Å². The lowest BCUT2D eigenvalue weighted by atomic mass is 10.3. The van der Waals surface area contributed by atoms with Crippen molar-refractivity contribution in [2.45, 2.75) is 13.3 Å². The Morgan fingerprint density at radius 2 is 2.44 bits per heavy atom. The number of hydrogen-bond acceptors (Lipinski definition) is 2. The summed E-state index contributed by atoms with van der Waals surface area (Å²) >= 11 is 0. The Kier molecular flexibility index (Phi) is 1.88. The molecule has 0 atom stereocenters. The highest BCUT2D eigenvalue weighted by molar-refractivity contribution is 5.92. The largest absolute Gasteiger partial charge is 0.300 e. The molecule has 0 spiro atoms. The van der Waals surface area contributed by atoms with Gasteiger partial charge in [-0.05, 0) is 19.4 Å². The average molecular weight is 124 g/mol. The molecular formula is C7H12N2. The van der Waals surface area contributed by atoms with E-state index in [-0.39, 0.29) is 0 Å². The third kappa shape index (κ3) is 1.88. The Hall–Kier alpha value is -0.790. The molecular weight excluding hydrogens is 112 g/mol. The van der Waals surface area contributed by atoms with E-state index in [4.69, 9.17) is 0 Å². The molecule has 0 aromatic rings.